The number of rotatable bonds is 2. The molecule has 0 radical (unpaired) electrons. The van der Waals surface area contributed by atoms with Crippen LogP contribution in [0.3, 0.4) is 0 Å². The van der Waals surface area contributed by atoms with Crippen molar-refractivity contribution < 1.29 is 9.90 Å². The smallest absolute Gasteiger partial charge is 0.307 e. The molecule has 0 amide bonds. The van der Waals surface area contributed by atoms with Gasteiger partial charge in [-0.25, -0.2) is 9.97 Å². The van der Waals surface area contributed by atoms with Gasteiger partial charge in [0.25, 0.3) is 0 Å². The Kier molecular flexibility index (Phi) is 1.85. The Hall–Kier alpha value is -1.91. The first-order valence-corrected chi connectivity index (χ1v) is 5.55. The number of carboxylic acids is 1. The predicted molar refractivity (Wildman–Crippen MR) is 61.5 cm³/mol. The van der Waals surface area contributed by atoms with E-state index in [4.69, 9.17) is 5.11 Å². The number of nitrogens with zero attached hydrogens (tertiary/aromatic N) is 2. The molecular weight excluding hydrogens is 218 g/mol. The molecule has 0 spiro atoms. The van der Waals surface area contributed by atoms with Crippen LogP contribution < -0.4 is 0 Å². The van der Waals surface area contributed by atoms with Gasteiger partial charge >= 0.3 is 5.97 Å². The Morgan fingerprint density at radius 1 is 1.53 bits per heavy atom. The van der Waals surface area contributed by atoms with E-state index in [1.165, 1.54) is 0 Å². The SMILES string of the molecule is CC1(C)C(C(=O)O)C1c1nc2ncccc2[nH]1. The molecule has 0 bridgehead atoms. The highest BCUT2D eigenvalue weighted by molar-refractivity contribution is 5.78. The van der Waals surface area contributed by atoms with Crippen molar-refractivity contribution in [3.63, 3.8) is 0 Å². The fraction of sp³-hybridized carbons (Fsp3) is 0.417. The lowest BCUT2D eigenvalue weighted by Gasteiger charge is -1.97. The predicted octanol–water partition coefficient (Wildman–Crippen LogP) is 1.78. The van der Waals surface area contributed by atoms with Gasteiger partial charge < -0.3 is 10.1 Å². The molecule has 1 fully saturated rings. The quantitative estimate of drug-likeness (QED) is 0.825. The van der Waals surface area contributed by atoms with Crippen molar-refractivity contribution in [2.24, 2.45) is 11.3 Å². The molecule has 5 nitrogen and oxygen atoms in total. The van der Waals surface area contributed by atoms with E-state index in [2.05, 4.69) is 15.0 Å². The first kappa shape index (κ1) is 10.3. The van der Waals surface area contributed by atoms with Gasteiger partial charge in [0, 0.05) is 12.1 Å². The lowest BCUT2D eigenvalue weighted by atomic mass is 10.1. The average molecular weight is 231 g/mol. The summed E-state index contributed by atoms with van der Waals surface area (Å²) in [4.78, 5) is 22.8. The lowest BCUT2D eigenvalue weighted by Crippen LogP contribution is -2.03. The van der Waals surface area contributed by atoms with Crippen molar-refractivity contribution in [3.05, 3.63) is 24.2 Å². The van der Waals surface area contributed by atoms with E-state index in [1.54, 1.807) is 6.20 Å². The first-order chi connectivity index (χ1) is 8.01. The zero-order valence-electron chi connectivity index (χ0n) is 9.64. The van der Waals surface area contributed by atoms with E-state index < -0.39 is 5.97 Å². The van der Waals surface area contributed by atoms with Crippen LogP contribution in [-0.4, -0.2) is 26.0 Å². The molecule has 0 saturated heterocycles. The number of nitrogens with one attached hydrogen (secondary N) is 1. The van der Waals surface area contributed by atoms with Crippen LogP contribution in [-0.2, 0) is 4.79 Å². The molecule has 3 rings (SSSR count). The van der Waals surface area contributed by atoms with E-state index in [-0.39, 0.29) is 17.3 Å². The van der Waals surface area contributed by atoms with Crippen LogP contribution in [0, 0.1) is 11.3 Å². The number of carbonyl (C=O) groups is 1. The number of H-pyrrole nitrogens is 1. The van der Waals surface area contributed by atoms with Gasteiger partial charge in [-0.05, 0) is 17.5 Å². The summed E-state index contributed by atoms with van der Waals surface area (Å²) < 4.78 is 0. The molecule has 0 aromatic carbocycles. The number of aromatic amines is 1. The van der Waals surface area contributed by atoms with Crippen LogP contribution in [0.4, 0.5) is 0 Å². The maximum atomic E-state index is 11.1. The molecule has 1 saturated carbocycles. The standard InChI is InChI=1S/C12H13N3O2/c1-12(2)7(8(12)11(16)17)10-14-6-4-3-5-13-9(6)15-10/h3-5,7-8H,1-2H3,(H,16,17)(H,13,14,15). The molecule has 0 aliphatic heterocycles. The van der Waals surface area contributed by atoms with Gasteiger partial charge in [0.05, 0.1) is 11.4 Å². The van der Waals surface area contributed by atoms with E-state index in [0.717, 1.165) is 11.3 Å². The molecule has 2 unspecified atom stereocenters. The third kappa shape index (κ3) is 1.35. The second-order valence-corrected chi connectivity index (χ2v) is 5.11. The number of pyridine rings is 1. The summed E-state index contributed by atoms with van der Waals surface area (Å²) in [6, 6.07) is 3.72. The Morgan fingerprint density at radius 2 is 2.29 bits per heavy atom. The van der Waals surface area contributed by atoms with Crippen LogP contribution >= 0.6 is 0 Å². The molecule has 1 aliphatic carbocycles. The highest BCUT2D eigenvalue weighted by Crippen LogP contribution is 2.63. The Morgan fingerprint density at radius 3 is 2.88 bits per heavy atom. The second kappa shape index (κ2) is 3.06. The van der Waals surface area contributed by atoms with Crippen LogP contribution in [0.25, 0.3) is 11.2 Å². The summed E-state index contributed by atoms with van der Waals surface area (Å²) in [6.07, 6.45) is 1.68. The van der Waals surface area contributed by atoms with Crippen molar-refractivity contribution in [1.29, 1.82) is 0 Å². The summed E-state index contributed by atoms with van der Waals surface area (Å²) in [5.74, 6) is -0.429. The van der Waals surface area contributed by atoms with Gasteiger partial charge in [-0.15, -0.1) is 0 Å². The third-order valence-corrected chi connectivity index (χ3v) is 3.66. The maximum Gasteiger partial charge on any atom is 0.307 e. The van der Waals surface area contributed by atoms with Crippen LogP contribution in [0.2, 0.25) is 0 Å². The second-order valence-electron chi connectivity index (χ2n) is 5.11. The summed E-state index contributed by atoms with van der Waals surface area (Å²) in [6.45, 7) is 3.91. The number of imidazole rings is 1. The van der Waals surface area contributed by atoms with Gasteiger partial charge in [-0.3, -0.25) is 4.79 Å². The van der Waals surface area contributed by atoms with Crippen molar-refractivity contribution in [2.75, 3.05) is 0 Å². The lowest BCUT2D eigenvalue weighted by molar-refractivity contribution is -0.139. The van der Waals surface area contributed by atoms with Gasteiger partial charge in [0.2, 0.25) is 0 Å². The minimum Gasteiger partial charge on any atom is -0.481 e. The molecule has 2 heterocycles. The number of aromatic nitrogens is 3. The number of hydrogen-bond acceptors (Lipinski definition) is 3. The van der Waals surface area contributed by atoms with Crippen molar-refractivity contribution in [1.82, 2.24) is 15.0 Å². The molecule has 2 aromatic rings. The molecule has 1 aliphatic rings. The number of hydrogen-bond donors (Lipinski definition) is 2. The topological polar surface area (TPSA) is 78.9 Å². The van der Waals surface area contributed by atoms with Crippen molar-refractivity contribution in [3.8, 4) is 0 Å². The Labute approximate surface area is 97.9 Å². The summed E-state index contributed by atoms with van der Waals surface area (Å²) in [5, 5.41) is 9.14. The summed E-state index contributed by atoms with van der Waals surface area (Å²) in [7, 11) is 0. The molecule has 2 aromatic heterocycles. The largest absolute Gasteiger partial charge is 0.481 e. The minimum atomic E-state index is -0.756. The Balaban J connectivity index is 2.03. The molecule has 17 heavy (non-hydrogen) atoms. The van der Waals surface area contributed by atoms with Gasteiger partial charge in [-0.2, -0.15) is 0 Å². The Bertz CT molecular complexity index is 570. The number of carboxylic acid groups (broad SMARTS) is 1. The van der Waals surface area contributed by atoms with Crippen LogP contribution in [0.15, 0.2) is 18.3 Å². The van der Waals surface area contributed by atoms with E-state index >= 15 is 0 Å². The van der Waals surface area contributed by atoms with Gasteiger partial charge in [-0.1, -0.05) is 13.8 Å². The van der Waals surface area contributed by atoms with E-state index in [9.17, 15) is 4.79 Å². The normalized spacial score (nSPS) is 26.0. The van der Waals surface area contributed by atoms with Crippen molar-refractivity contribution in [2.45, 2.75) is 19.8 Å². The number of aliphatic carboxylic acids is 1. The third-order valence-electron chi connectivity index (χ3n) is 3.66. The minimum absolute atomic E-state index is 0.0470. The summed E-state index contributed by atoms with van der Waals surface area (Å²) >= 11 is 0. The fourth-order valence-corrected chi connectivity index (χ4v) is 2.62. The number of fused-ring (bicyclic) bond motifs is 1. The highest BCUT2D eigenvalue weighted by Gasteiger charge is 2.64. The van der Waals surface area contributed by atoms with Gasteiger partial charge in [0.15, 0.2) is 5.65 Å². The first-order valence-electron chi connectivity index (χ1n) is 5.55. The van der Waals surface area contributed by atoms with Crippen molar-refractivity contribution >= 4 is 17.1 Å². The zero-order valence-corrected chi connectivity index (χ0v) is 9.64. The molecule has 5 heteroatoms. The van der Waals surface area contributed by atoms with Crippen LogP contribution in [0.5, 0.6) is 0 Å². The fourth-order valence-electron chi connectivity index (χ4n) is 2.62. The molecule has 2 N–H and O–H groups in total. The monoisotopic (exact) mass is 231 g/mol. The maximum absolute atomic E-state index is 11.1. The highest BCUT2D eigenvalue weighted by atomic mass is 16.4. The molecule has 88 valence electrons. The molecule has 2 atom stereocenters. The van der Waals surface area contributed by atoms with E-state index in [1.807, 2.05) is 26.0 Å². The summed E-state index contributed by atoms with van der Waals surface area (Å²) in [5.41, 5.74) is 1.27. The van der Waals surface area contributed by atoms with Gasteiger partial charge in [0.1, 0.15) is 5.82 Å². The average Bonchev–Trinajstić information content (AvgIpc) is 2.68. The van der Waals surface area contributed by atoms with Crippen LogP contribution in [0.1, 0.15) is 25.6 Å². The van der Waals surface area contributed by atoms with E-state index in [0.29, 0.717) is 5.65 Å². The molecular formula is C12H13N3O2. The zero-order chi connectivity index (χ0) is 12.2.